The number of carbonyl (C=O) groups excluding carboxylic acids is 2. The Bertz CT molecular complexity index is 551. The number of aromatic nitrogens is 2. The molecule has 6 nitrogen and oxygen atoms in total. The van der Waals surface area contributed by atoms with Crippen molar-refractivity contribution < 1.29 is 9.59 Å². The van der Waals surface area contributed by atoms with Gasteiger partial charge in [0.05, 0.1) is 12.4 Å². The molecule has 0 aromatic carbocycles. The summed E-state index contributed by atoms with van der Waals surface area (Å²) in [5.41, 5.74) is 6.23. The molecule has 2 rings (SSSR count). The second-order valence-corrected chi connectivity index (χ2v) is 4.25. The smallest absolute Gasteiger partial charge is 0.271 e. The topological polar surface area (TPSA) is 98.0 Å². The van der Waals surface area contributed by atoms with E-state index in [0.717, 1.165) is 5.56 Å². The SMILES string of the molecule is NC(=O)c1cnc(C(=O)NCc2ccsc2)cn1. The first-order valence-corrected chi connectivity index (χ1v) is 6.02. The van der Waals surface area contributed by atoms with E-state index in [9.17, 15) is 9.59 Å². The van der Waals surface area contributed by atoms with Gasteiger partial charge in [-0.3, -0.25) is 9.59 Å². The maximum Gasteiger partial charge on any atom is 0.271 e. The van der Waals surface area contributed by atoms with Gasteiger partial charge in [0.15, 0.2) is 0 Å². The zero-order chi connectivity index (χ0) is 13.0. The van der Waals surface area contributed by atoms with E-state index in [1.54, 1.807) is 11.3 Å². The average molecular weight is 262 g/mol. The molecule has 0 saturated carbocycles. The van der Waals surface area contributed by atoms with Crippen LogP contribution < -0.4 is 11.1 Å². The number of amides is 2. The number of thiophene rings is 1. The lowest BCUT2D eigenvalue weighted by atomic mass is 10.3. The number of nitrogens with two attached hydrogens (primary N) is 1. The second-order valence-electron chi connectivity index (χ2n) is 3.47. The first kappa shape index (κ1) is 12.2. The van der Waals surface area contributed by atoms with Crippen molar-refractivity contribution in [3.05, 3.63) is 46.2 Å². The Hall–Kier alpha value is -2.28. The molecular formula is C11H10N4O2S. The van der Waals surface area contributed by atoms with Crippen LogP contribution in [0, 0.1) is 0 Å². The molecule has 0 unspecified atom stereocenters. The molecule has 0 aliphatic heterocycles. The summed E-state index contributed by atoms with van der Waals surface area (Å²) in [6.07, 6.45) is 2.41. The summed E-state index contributed by atoms with van der Waals surface area (Å²) < 4.78 is 0. The van der Waals surface area contributed by atoms with Gasteiger partial charge in [0.25, 0.3) is 11.8 Å². The highest BCUT2D eigenvalue weighted by atomic mass is 32.1. The predicted octanol–water partition coefficient (Wildman–Crippen LogP) is 0.567. The fourth-order valence-corrected chi connectivity index (χ4v) is 1.91. The maximum absolute atomic E-state index is 11.7. The third kappa shape index (κ3) is 2.89. The van der Waals surface area contributed by atoms with Crippen LogP contribution in [0.1, 0.15) is 26.5 Å². The minimum atomic E-state index is -0.673. The molecule has 7 heteroatoms. The van der Waals surface area contributed by atoms with Crippen LogP contribution in [0.4, 0.5) is 0 Å². The predicted molar refractivity (Wildman–Crippen MR) is 66.0 cm³/mol. The van der Waals surface area contributed by atoms with Crippen LogP contribution in [0.25, 0.3) is 0 Å². The molecule has 0 radical (unpaired) electrons. The summed E-state index contributed by atoms with van der Waals surface area (Å²) in [5.74, 6) is -1.02. The average Bonchev–Trinajstić information content (AvgIpc) is 2.89. The van der Waals surface area contributed by atoms with E-state index in [-0.39, 0.29) is 17.3 Å². The maximum atomic E-state index is 11.7. The van der Waals surface area contributed by atoms with Crippen molar-refractivity contribution in [2.75, 3.05) is 0 Å². The van der Waals surface area contributed by atoms with Gasteiger partial charge >= 0.3 is 0 Å². The molecule has 0 saturated heterocycles. The van der Waals surface area contributed by atoms with Crippen LogP contribution in [0.15, 0.2) is 29.2 Å². The van der Waals surface area contributed by atoms with Gasteiger partial charge in [-0.2, -0.15) is 11.3 Å². The van der Waals surface area contributed by atoms with E-state index in [2.05, 4.69) is 15.3 Å². The molecule has 0 fully saturated rings. The number of nitrogens with zero attached hydrogens (tertiary/aromatic N) is 2. The molecule has 92 valence electrons. The Morgan fingerprint density at radius 3 is 2.56 bits per heavy atom. The lowest BCUT2D eigenvalue weighted by Crippen LogP contribution is -2.24. The molecule has 0 aliphatic rings. The highest BCUT2D eigenvalue weighted by Crippen LogP contribution is 2.05. The van der Waals surface area contributed by atoms with Crippen LogP contribution in [-0.4, -0.2) is 21.8 Å². The van der Waals surface area contributed by atoms with Crippen molar-refractivity contribution in [1.82, 2.24) is 15.3 Å². The van der Waals surface area contributed by atoms with Crippen LogP contribution in [-0.2, 0) is 6.54 Å². The van der Waals surface area contributed by atoms with Gasteiger partial charge in [0.2, 0.25) is 0 Å². The fraction of sp³-hybridized carbons (Fsp3) is 0.0909. The first-order chi connectivity index (χ1) is 8.66. The lowest BCUT2D eigenvalue weighted by molar-refractivity contribution is 0.0941. The first-order valence-electron chi connectivity index (χ1n) is 5.08. The monoisotopic (exact) mass is 262 g/mol. The Kier molecular flexibility index (Phi) is 3.63. The standard InChI is InChI=1S/C11H10N4O2S/c12-10(16)8-4-14-9(5-13-8)11(17)15-3-7-1-2-18-6-7/h1-2,4-6H,3H2,(H2,12,16)(H,15,17). The van der Waals surface area contributed by atoms with Crippen LogP contribution in [0.2, 0.25) is 0 Å². The highest BCUT2D eigenvalue weighted by molar-refractivity contribution is 7.07. The normalized spacial score (nSPS) is 10.0. The Morgan fingerprint density at radius 2 is 2.00 bits per heavy atom. The third-order valence-electron chi connectivity index (χ3n) is 2.17. The largest absolute Gasteiger partial charge is 0.364 e. The number of primary amides is 1. The summed E-state index contributed by atoms with van der Waals surface area (Å²) in [5, 5.41) is 6.58. The van der Waals surface area contributed by atoms with E-state index >= 15 is 0 Å². The number of hydrogen-bond donors (Lipinski definition) is 2. The molecule has 2 amide bonds. The zero-order valence-corrected chi connectivity index (χ0v) is 10.1. The molecule has 18 heavy (non-hydrogen) atoms. The van der Waals surface area contributed by atoms with Gasteiger partial charge < -0.3 is 11.1 Å². The molecule has 2 aromatic heterocycles. The zero-order valence-electron chi connectivity index (χ0n) is 9.29. The van der Waals surface area contributed by atoms with Crippen LogP contribution in [0.3, 0.4) is 0 Å². The molecule has 0 bridgehead atoms. The third-order valence-corrected chi connectivity index (χ3v) is 2.90. The van der Waals surface area contributed by atoms with E-state index in [0.29, 0.717) is 6.54 Å². The van der Waals surface area contributed by atoms with Gasteiger partial charge in [0, 0.05) is 6.54 Å². The number of hydrogen-bond acceptors (Lipinski definition) is 5. The summed E-state index contributed by atoms with van der Waals surface area (Å²) in [6.45, 7) is 0.432. The quantitative estimate of drug-likeness (QED) is 0.841. The van der Waals surface area contributed by atoms with Crippen molar-refractivity contribution in [3.63, 3.8) is 0 Å². The molecule has 2 heterocycles. The Morgan fingerprint density at radius 1 is 1.28 bits per heavy atom. The number of rotatable bonds is 4. The van der Waals surface area contributed by atoms with Crippen molar-refractivity contribution >= 4 is 23.2 Å². The highest BCUT2D eigenvalue weighted by Gasteiger charge is 2.09. The van der Waals surface area contributed by atoms with E-state index in [1.165, 1.54) is 12.4 Å². The Balaban J connectivity index is 1.98. The minimum Gasteiger partial charge on any atom is -0.364 e. The Labute approximate surface area is 107 Å². The summed E-state index contributed by atoms with van der Waals surface area (Å²) in [7, 11) is 0. The van der Waals surface area contributed by atoms with Crippen LogP contribution in [0.5, 0.6) is 0 Å². The number of nitrogens with one attached hydrogen (secondary N) is 1. The van der Waals surface area contributed by atoms with Crippen molar-refractivity contribution in [2.24, 2.45) is 5.73 Å². The second kappa shape index (κ2) is 5.37. The molecule has 0 spiro atoms. The molecule has 0 atom stereocenters. The number of carbonyl (C=O) groups is 2. The summed E-state index contributed by atoms with van der Waals surface area (Å²) in [6, 6.07) is 1.92. The van der Waals surface area contributed by atoms with Gasteiger partial charge in [-0.1, -0.05) is 0 Å². The van der Waals surface area contributed by atoms with Gasteiger partial charge in [-0.05, 0) is 22.4 Å². The summed E-state index contributed by atoms with van der Waals surface area (Å²) in [4.78, 5) is 30.1. The van der Waals surface area contributed by atoms with Crippen molar-refractivity contribution in [1.29, 1.82) is 0 Å². The van der Waals surface area contributed by atoms with E-state index in [1.807, 2.05) is 16.8 Å². The van der Waals surface area contributed by atoms with Gasteiger partial charge in [-0.15, -0.1) is 0 Å². The van der Waals surface area contributed by atoms with E-state index in [4.69, 9.17) is 5.73 Å². The van der Waals surface area contributed by atoms with Crippen molar-refractivity contribution in [2.45, 2.75) is 6.54 Å². The molecule has 0 aliphatic carbocycles. The van der Waals surface area contributed by atoms with E-state index < -0.39 is 5.91 Å². The van der Waals surface area contributed by atoms with Crippen LogP contribution >= 0.6 is 11.3 Å². The van der Waals surface area contributed by atoms with Crippen molar-refractivity contribution in [3.8, 4) is 0 Å². The molecule has 2 aromatic rings. The fourth-order valence-electron chi connectivity index (χ4n) is 1.24. The summed E-state index contributed by atoms with van der Waals surface area (Å²) >= 11 is 1.56. The lowest BCUT2D eigenvalue weighted by Gasteiger charge is -2.03. The van der Waals surface area contributed by atoms with Gasteiger partial charge in [0.1, 0.15) is 11.4 Å². The molecular weight excluding hydrogens is 252 g/mol. The van der Waals surface area contributed by atoms with Gasteiger partial charge in [-0.25, -0.2) is 9.97 Å². The molecule has 3 N–H and O–H groups in total. The minimum absolute atomic E-state index is 0.0318.